The number of halogens is 2. The molecule has 3 N–H and O–H groups in total. The lowest BCUT2D eigenvalue weighted by atomic mass is 9.91. The minimum Gasteiger partial charge on any atom is -0.368 e. The number of carbonyl (C=O) groups excluding carboxylic acids is 1. The molecule has 0 aliphatic heterocycles. The van der Waals surface area contributed by atoms with Crippen LogP contribution < -0.4 is 11.1 Å². The number of nitrogens with two attached hydrogens (primary N) is 1. The molecular weight excluding hydrogens is 323 g/mol. The highest BCUT2D eigenvalue weighted by atomic mass is 79.9. The fraction of sp³-hybridized carbons (Fsp3) is 0.133. The van der Waals surface area contributed by atoms with Crippen molar-refractivity contribution in [2.45, 2.75) is 12.5 Å². The van der Waals surface area contributed by atoms with Crippen molar-refractivity contribution in [3.8, 4) is 0 Å². The fourth-order valence-electron chi connectivity index (χ4n) is 1.91. The highest BCUT2D eigenvalue weighted by Crippen LogP contribution is 2.27. The number of hydrogen-bond acceptors (Lipinski definition) is 2. The van der Waals surface area contributed by atoms with Crippen molar-refractivity contribution in [1.82, 2.24) is 0 Å². The Balaban J connectivity index is 2.39. The molecule has 20 heavy (non-hydrogen) atoms. The van der Waals surface area contributed by atoms with Gasteiger partial charge in [-0.3, -0.25) is 4.79 Å². The summed E-state index contributed by atoms with van der Waals surface area (Å²) in [6, 6.07) is 13.1. The second kappa shape index (κ2) is 5.63. The lowest BCUT2D eigenvalue weighted by Crippen LogP contribution is -2.45. The van der Waals surface area contributed by atoms with E-state index in [0.717, 1.165) is 4.47 Å². The Morgan fingerprint density at radius 1 is 1.25 bits per heavy atom. The number of benzene rings is 2. The zero-order valence-corrected chi connectivity index (χ0v) is 12.4. The predicted octanol–water partition coefficient (Wildman–Crippen LogP) is 3.40. The molecule has 0 bridgehead atoms. The van der Waals surface area contributed by atoms with Gasteiger partial charge in [-0.25, -0.2) is 4.39 Å². The molecule has 1 amide bonds. The minimum atomic E-state index is -1.12. The molecule has 3 nitrogen and oxygen atoms in total. The number of anilines is 1. The first-order valence-corrected chi connectivity index (χ1v) is 6.81. The van der Waals surface area contributed by atoms with Crippen LogP contribution in [0.5, 0.6) is 0 Å². The number of amides is 1. The fourth-order valence-corrected chi connectivity index (χ4v) is 2.18. The molecule has 0 radical (unpaired) electrons. The summed E-state index contributed by atoms with van der Waals surface area (Å²) < 4.78 is 14.1. The maximum Gasteiger partial charge on any atom is 0.247 e. The van der Waals surface area contributed by atoms with Crippen LogP contribution in [-0.2, 0) is 10.3 Å². The van der Waals surface area contributed by atoms with Crippen molar-refractivity contribution in [1.29, 1.82) is 0 Å². The average Bonchev–Trinajstić information content (AvgIpc) is 2.39. The number of carbonyl (C=O) groups is 1. The first-order chi connectivity index (χ1) is 9.41. The molecule has 1 atom stereocenters. The predicted molar refractivity (Wildman–Crippen MR) is 80.7 cm³/mol. The summed E-state index contributed by atoms with van der Waals surface area (Å²) >= 11 is 3.34. The Morgan fingerprint density at radius 3 is 2.45 bits per heavy atom. The third kappa shape index (κ3) is 2.99. The molecule has 0 saturated carbocycles. The first kappa shape index (κ1) is 14.5. The summed E-state index contributed by atoms with van der Waals surface area (Å²) in [6.45, 7) is 1.67. The molecule has 0 fully saturated rings. The summed E-state index contributed by atoms with van der Waals surface area (Å²) in [6.07, 6.45) is 0. The smallest absolute Gasteiger partial charge is 0.247 e. The highest BCUT2D eigenvalue weighted by Gasteiger charge is 2.33. The SMILES string of the molecule is CC(Nc1cccc(F)c1)(C(N)=O)c1ccc(Br)cc1. The molecule has 0 spiro atoms. The molecule has 0 saturated heterocycles. The first-order valence-electron chi connectivity index (χ1n) is 6.01. The van der Waals surface area contributed by atoms with Crippen LogP contribution >= 0.6 is 15.9 Å². The molecule has 2 aromatic rings. The zero-order chi connectivity index (χ0) is 14.8. The van der Waals surface area contributed by atoms with Crippen molar-refractivity contribution < 1.29 is 9.18 Å². The van der Waals surface area contributed by atoms with Crippen LogP contribution in [0.3, 0.4) is 0 Å². The maximum absolute atomic E-state index is 13.2. The van der Waals surface area contributed by atoms with Gasteiger partial charge in [0.15, 0.2) is 0 Å². The number of primary amides is 1. The normalized spacial score (nSPS) is 13.6. The van der Waals surface area contributed by atoms with Crippen molar-refractivity contribution in [3.63, 3.8) is 0 Å². The van der Waals surface area contributed by atoms with Gasteiger partial charge in [0.2, 0.25) is 5.91 Å². The van der Waals surface area contributed by atoms with Crippen molar-refractivity contribution >= 4 is 27.5 Å². The molecule has 0 aromatic heterocycles. The van der Waals surface area contributed by atoms with Gasteiger partial charge in [-0.05, 0) is 42.8 Å². The minimum absolute atomic E-state index is 0.377. The maximum atomic E-state index is 13.2. The Bertz CT molecular complexity index is 630. The molecule has 104 valence electrons. The van der Waals surface area contributed by atoms with Crippen LogP contribution in [0.2, 0.25) is 0 Å². The summed E-state index contributed by atoms with van der Waals surface area (Å²) in [5, 5.41) is 3.00. The number of nitrogens with one attached hydrogen (secondary N) is 1. The van der Waals surface area contributed by atoms with E-state index in [-0.39, 0.29) is 5.82 Å². The summed E-state index contributed by atoms with van der Waals surface area (Å²) in [5.41, 5.74) is 5.60. The van der Waals surface area contributed by atoms with Crippen LogP contribution in [0.25, 0.3) is 0 Å². The van der Waals surface area contributed by atoms with E-state index in [9.17, 15) is 9.18 Å². The van der Waals surface area contributed by atoms with E-state index in [4.69, 9.17) is 5.73 Å². The Morgan fingerprint density at radius 2 is 1.90 bits per heavy atom. The molecule has 2 rings (SSSR count). The highest BCUT2D eigenvalue weighted by molar-refractivity contribution is 9.10. The Hall–Kier alpha value is -1.88. The lowest BCUT2D eigenvalue weighted by Gasteiger charge is -2.29. The van der Waals surface area contributed by atoms with Gasteiger partial charge in [0, 0.05) is 10.2 Å². The Kier molecular flexibility index (Phi) is 4.09. The van der Waals surface area contributed by atoms with Crippen molar-refractivity contribution in [2.24, 2.45) is 5.73 Å². The van der Waals surface area contributed by atoms with Gasteiger partial charge in [-0.15, -0.1) is 0 Å². The summed E-state index contributed by atoms with van der Waals surface area (Å²) in [5.74, 6) is -0.915. The number of rotatable bonds is 4. The van der Waals surface area contributed by atoms with Gasteiger partial charge in [0.05, 0.1) is 0 Å². The topological polar surface area (TPSA) is 55.1 Å². The van der Waals surface area contributed by atoms with Crippen LogP contribution in [0.4, 0.5) is 10.1 Å². The second-order valence-corrected chi connectivity index (χ2v) is 5.55. The largest absolute Gasteiger partial charge is 0.368 e. The van der Waals surface area contributed by atoms with Gasteiger partial charge >= 0.3 is 0 Å². The second-order valence-electron chi connectivity index (χ2n) is 4.63. The summed E-state index contributed by atoms with van der Waals surface area (Å²) in [7, 11) is 0. The van der Waals surface area contributed by atoms with E-state index in [1.54, 1.807) is 31.2 Å². The molecule has 2 aromatic carbocycles. The molecule has 1 unspecified atom stereocenters. The van der Waals surface area contributed by atoms with Gasteiger partial charge in [-0.1, -0.05) is 34.1 Å². The lowest BCUT2D eigenvalue weighted by molar-refractivity contribution is -0.122. The van der Waals surface area contributed by atoms with E-state index >= 15 is 0 Å². The third-order valence-electron chi connectivity index (χ3n) is 3.13. The van der Waals surface area contributed by atoms with Crippen molar-refractivity contribution in [2.75, 3.05) is 5.32 Å². The van der Waals surface area contributed by atoms with Gasteiger partial charge in [-0.2, -0.15) is 0 Å². The molecule has 0 aliphatic carbocycles. The van der Waals surface area contributed by atoms with Crippen LogP contribution in [0, 0.1) is 5.82 Å². The molecular formula is C15H14BrFN2O. The molecule has 0 heterocycles. The molecule has 0 aliphatic rings. The van der Waals surface area contributed by atoms with E-state index in [1.807, 2.05) is 12.1 Å². The quantitative estimate of drug-likeness (QED) is 0.898. The summed E-state index contributed by atoms with van der Waals surface area (Å²) in [4.78, 5) is 11.9. The molecule has 5 heteroatoms. The van der Waals surface area contributed by atoms with Gasteiger partial charge in [0.25, 0.3) is 0 Å². The van der Waals surface area contributed by atoms with Crippen LogP contribution in [0.15, 0.2) is 53.0 Å². The Labute approximate surface area is 125 Å². The van der Waals surface area contributed by atoms with E-state index in [1.165, 1.54) is 12.1 Å². The van der Waals surface area contributed by atoms with E-state index < -0.39 is 11.4 Å². The van der Waals surface area contributed by atoms with Crippen LogP contribution in [-0.4, -0.2) is 5.91 Å². The van der Waals surface area contributed by atoms with Gasteiger partial charge in [0.1, 0.15) is 11.4 Å². The zero-order valence-electron chi connectivity index (χ0n) is 10.9. The standard InChI is InChI=1S/C15H14BrFN2O/c1-15(14(18)20,10-5-7-11(16)8-6-10)19-13-4-2-3-12(17)9-13/h2-9,19H,1H3,(H2,18,20). The third-order valence-corrected chi connectivity index (χ3v) is 3.66. The number of hydrogen-bond donors (Lipinski definition) is 2. The van der Waals surface area contributed by atoms with E-state index in [0.29, 0.717) is 11.3 Å². The monoisotopic (exact) mass is 336 g/mol. The van der Waals surface area contributed by atoms with Crippen LogP contribution in [0.1, 0.15) is 12.5 Å². The van der Waals surface area contributed by atoms with E-state index in [2.05, 4.69) is 21.2 Å². The van der Waals surface area contributed by atoms with Gasteiger partial charge < -0.3 is 11.1 Å². The van der Waals surface area contributed by atoms with Crippen molar-refractivity contribution in [3.05, 3.63) is 64.4 Å². The average molecular weight is 337 g/mol.